The maximum Gasteiger partial charge on any atom is 0.248 e. The first-order valence-electron chi connectivity index (χ1n) is 6.84. The molecule has 0 aromatic rings. The molecule has 1 heterocycles. The summed E-state index contributed by atoms with van der Waals surface area (Å²) in [4.78, 5) is 13.7. The lowest BCUT2D eigenvalue weighted by atomic mass is 10.1. The maximum atomic E-state index is 11.8. The maximum absolute atomic E-state index is 11.8. The fourth-order valence-electron chi connectivity index (χ4n) is 1.93. The molecule has 1 saturated heterocycles. The van der Waals surface area contributed by atoms with Crippen LogP contribution in [-0.2, 0) is 14.3 Å². The minimum atomic E-state index is 0.0871. The Hall–Kier alpha value is -0.650. The van der Waals surface area contributed by atoms with Crippen molar-refractivity contribution >= 4 is 5.91 Å². The molecule has 1 aliphatic rings. The van der Waals surface area contributed by atoms with Crippen LogP contribution >= 0.6 is 0 Å². The Labute approximate surface area is 110 Å². The zero-order valence-electron chi connectivity index (χ0n) is 11.6. The average Bonchev–Trinajstić information content (AvgIpc) is 2.37. The number of rotatable bonds is 7. The fourth-order valence-corrected chi connectivity index (χ4v) is 1.93. The molecule has 1 rings (SSSR count). The van der Waals surface area contributed by atoms with Crippen molar-refractivity contribution in [1.82, 2.24) is 4.90 Å². The quantitative estimate of drug-likeness (QED) is 0.685. The van der Waals surface area contributed by atoms with Crippen LogP contribution in [0.25, 0.3) is 0 Å². The van der Waals surface area contributed by atoms with Crippen molar-refractivity contribution in [2.75, 3.05) is 32.8 Å². The van der Waals surface area contributed by atoms with Gasteiger partial charge in [0.25, 0.3) is 0 Å². The van der Waals surface area contributed by atoms with Crippen LogP contribution in [-0.4, -0.2) is 55.9 Å². The van der Waals surface area contributed by atoms with Crippen LogP contribution in [0.4, 0.5) is 0 Å². The molecule has 0 saturated carbocycles. The number of piperidine rings is 1. The molecule has 0 atom stereocenters. The van der Waals surface area contributed by atoms with E-state index >= 15 is 0 Å². The van der Waals surface area contributed by atoms with Gasteiger partial charge in [0.15, 0.2) is 0 Å². The second kappa shape index (κ2) is 8.45. The second-order valence-electron chi connectivity index (χ2n) is 4.95. The highest BCUT2D eigenvalue weighted by molar-refractivity contribution is 5.77. The van der Waals surface area contributed by atoms with Crippen molar-refractivity contribution in [2.24, 2.45) is 5.73 Å². The lowest BCUT2D eigenvalue weighted by Gasteiger charge is -2.32. The van der Waals surface area contributed by atoms with E-state index in [9.17, 15) is 4.79 Å². The highest BCUT2D eigenvalue weighted by Crippen LogP contribution is 2.14. The lowest BCUT2D eigenvalue weighted by molar-refractivity contribution is -0.140. The first kappa shape index (κ1) is 15.4. The Kier molecular flexibility index (Phi) is 7.23. The summed E-state index contributed by atoms with van der Waals surface area (Å²) in [5, 5.41) is 0. The van der Waals surface area contributed by atoms with Crippen LogP contribution in [0.3, 0.4) is 0 Å². The Morgan fingerprint density at radius 1 is 1.39 bits per heavy atom. The van der Waals surface area contributed by atoms with Crippen LogP contribution in [0.5, 0.6) is 0 Å². The number of nitrogens with zero attached hydrogens (tertiary/aromatic N) is 1. The molecule has 1 fully saturated rings. The standard InChI is InChI=1S/C13H26N2O3/c1-11(2)18-10-13(16)15-7-4-12(5-8-15)17-9-3-6-14/h11-12H,3-10,14H2,1-2H3. The summed E-state index contributed by atoms with van der Waals surface area (Å²) in [7, 11) is 0. The minimum Gasteiger partial charge on any atom is -0.378 e. The fraction of sp³-hybridized carbons (Fsp3) is 0.923. The van der Waals surface area contributed by atoms with Crippen LogP contribution in [0, 0.1) is 0 Å². The summed E-state index contributed by atoms with van der Waals surface area (Å²) >= 11 is 0. The van der Waals surface area contributed by atoms with Gasteiger partial charge >= 0.3 is 0 Å². The average molecular weight is 258 g/mol. The molecule has 0 aromatic heterocycles. The number of hydrogen-bond acceptors (Lipinski definition) is 4. The Morgan fingerprint density at radius 2 is 2.06 bits per heavy atom. The van der Waals surface area contributed by atoms with E-state index in [1.54, 1.807) is 0 Å². The van der Waals surface area contributed by atoms with E-state index in [2.05, 4.69) is 0 Å². The number of hydrogen-bond donors (Lipinski definition) is 1. The number of nitrogens with two attached hydrogens (primary N) is 1. The van der Waals surface area contributed by atoms with Crippen LogP contribution < -0.4 is 5.73 Å². The van der Waals surface area contributed by atoms with E-state index in [0.717, 1.165) is 39.0 Å². The summed E-state index contributed by atoms with van der Waals surface area (Å²) in [6, 6.07) is 0. The third kappa shape index (κ3) is 5.80. The second-order valence-corrected chi connectivity index (χ2v) is 4.95. The zero-order chi connectivity index (χ0) is 13.4. The third-order valence-corrected chi connectivity index (χ3v) is 3.04. The number of carbonyl (C=O) groups excluding carboxylic acids is 1. The van der Waals surface area contributed by atoms with Crippen LogP contribution in [0.1, 0.15) is 33.1 Å². The van der Waals surface area contributed by atoms with E-state index < -0.39 is 0 Å². The van der Waals surface area contributed by atoms with Crippen molar-refractivity contribution < 1.29 is 14.3 Å². The van der Waals surface area contributed by atoms with Gasteiger partial charge in [0.2, 0.25) is 5.91 Å². The molecular formula is C13H26N2O3. The Morgan fingerprint density at radius 3 is 2.61 bits per heavy atom. The van der Waals surface area contributed by atoms with E-state index in [4.69, 9.17) is 15.2 Å². The monoisotopic (exact) mass is 258 g/mol. The van der Waals surface area contributed by atoms with Gasteiger partial charge in [-0.1, -0.05) is 0 Å². The number of carbonyl (C=O) groups is 1. The molecule has 0 bridgehead atoms. The van der Waals surface area contributed by atoms with Crippen LogP contribution in [0.2, 0.25) is 0 Å². The molecule has 0 radical (unpaired) electrons. The smallest absolute Gasteiger partial charge is 0.248 e. The highest BCUT2D eigenvalue weighted by atomic mass is 16.5. The van der Waals surface area contributed by atoms with Crippen molar-refractivity contribution in [3.8, 4) is 0 Å². The highest BCUT2D eigenvalue weighted by Gasteiger charge is 2.23. The molecule has 1 amide bonds. The normalized spacial score (nSPS) is 17.4. The minimum absolute atomic E-state index is 0.0871. The number of amides is 1. The van der Waals surface area contributed by atoms with E-state index in [1.807, 2.05) is 18.7 Å². The summed E-state index contributed by atoms with van der Waals surface area (Å²) in [5.41, 5.74) is 5.42. The summed E-state index contributed by atoms with van der Waals surface area (Å²) in [6.45, 7) is 7.00. The van der Waals surface area contributed by atoms with Crippen molar-refractivity contribution in [3.63, 3.8) is 0 Å². The predicted octanol–water partition coefficient (Wildman–Crippen LogP) is 0.768. The topological polar surface area (TPSA) is 64.8 Å². The van der Waals surface area contributed by atoms with Gasteiger partial charge in [-0.3, -0.25) is 4.79 Å². The number of ether oxygens (including phenoxy) is 2. The van der Waals surface area contributed by atoms with Gasteiger partial charge in [0.1, 0.15) is 6.61 Å². The van der Waals surface area contributed by atoms with E-state index in [0.29, 0.717) is 6.54 Å². The molecule has 1 aliphatic heterocycles. The zero-order valence-corrected chi connectivity index (χ0v) is 11.6. The van der Waals surface area contributed by atoms with Gasteiger partial charge in [0.05, 0.1) is 12.2 Å². The molecular weight excluding hydrogens is 232 g/mol. The van der Waals surface area contributed by atoms with Gasteiger partial charge < -0.3 is 20.1 Å². The molecule has 5 heteroatoms. The summed E-state index contributed by atoms with van der Waals surface area (Å²) in [6.07, 6.45) is 3.12. The van der Waals surface area contributed by atoms with Crippen molar-refractivity contribution in [1.29, 1.82) is 0 Å². The molecule has 0 spiro atoms. The van der Waals surface area contributed by atoms with Gasteiger partial charge in [-0.25, -0.2) is 0 Å². The molecule has 18 heavy (non-hydrogen) atoms. The lowest BCUT2D eigenvalue weighted by Crippen LogP contribution is -2.42. The van der Waals surface area contributed by atoms with Crippen molar-refractivity contribution in [3.05, 3.63) is 0 Å². The van der Waals surface area contributed by atoms with Gasteiger partial charge in [0, 0.05) is 19.7 Å². The molecule has 5 nitrogen and oxygen atoms in total. The molecule has 106 valence electrons. The molecule has 2 N–H and O–H groups in total. The van der Waals surface area contributed by atoms with Gasteiger partial charge in [-0.05, 0) is 39.7 Å². The number of likely N-dealkylation sites (tertiary alicyclic amines) is 1. The Balaban J connectivity index is 2.16. The SMILES string of the molecule is CC(C)OCC(=O)N1CCC(OCCCN)CC1. The van der Waals surface area contributed by atoms with E-state index in [1.165, 1.54) is 0 Å². The van der Waals surface area contributed by atoms with Gasteiger partial charge in [-0.15, -0.1) is 0 Å². The largest absolute Gasteiger partial charge is 0.378 e. The van der Waals surface area contributed by atoms with Crippen molar-refractivity contribution in [2.45, 2.75) is 45.3 Å². The molecule has 0 unspecified atom stereocenters. The summed E-state index contributed by atoms with van der Waals surface area (Å²) < 4.78 is 11.0. The predicted molar refractivity (Wildman–Crippen MR) is 70.3 cm³/mol. The Bertz CT molecular complexity index is 238. The van der Waals surface area contributed by atoms with Crippen LogP contribution in [0.15, 0.2) is 0 Å². The molecule has 0 aliphatic carbocycles. The van der Waals surface area contributed by atoms with Gasteiger partial charge in [-0.2, -0.15) is 0 Å². The molecule has 0 aromatic carbocycles. The first-order valence-corrected chi connectivity index (χ1v) is 6.84. The van der Waals surface area contributed by atoms with E-state index in [-0.39, 0.29) is 24.7 Å². The summed E-state index contributed by atoms with van der Waals surface area (Å²) in [5.74, 6) is 0.0871. The first-order chi connectivity index (χ1) is 8.63. The third-order valence-electron chi connectivity index (χ3n) is 3.04.